The van der Waals surface area contributed by atoms with Crippen LogP contribution in [0, 0.1) is 6.92 Å². The van der Waals surface area contributed by atoms with Crippen molar-refractivity contribution in [1.82, 2.24) is 14.3 Å². The predicted molar refractivity (Wildman–Crippen MR) is 122 cm³/mol. The average Bonchev–Trinajstić information content (AvgIpc) is 3.15. The van der Waals surface area contributed by atoms with Crippen molar-refractivity contribution in [3.63, 3.8) is 0 Å². The summed E-state index contributed by atoms with van der Waals surface area (Å²) in [5.41, 5.74) is 7.94. The van der Waals surface area contributed by atoms with Crippen molar-refractivity contribution in [2.75, 3.05) is 26.3 Å². The lowest BCUT2D eigenvalue weighted by atomic mass is 10.0. The summed E-state index contributed by atoms with van der Waals surface area (Å²) in [5.74, 6) is 0. The molecule has 1 aliphatic heterocycles. The van der Waals surface area contributed by atoms with Crippen LogP contribution in [0.1, 0.15) is 11.4 Å². The van der Waals surface area contributed by atoms with Gasteiger partial charge >= 0.3 is 0 Å². The minimum absolute atomic E-state index is 0.736. The van der Waals surface area contributed by atoms with E-state index in [4.69, 9.17) is 21.3 Å². The molecule has 2 aromatic heterocycles. The topological polar surface area (TPSA) is 29.8 Å². The van der Waals surface area contributed by atoms with Crippen LogP contribution in [0.25, 0.3) is 28.0 Å². The molecular weight excluding hydrogens is 394 g/mol. The molecule has 3 heterocycles. The largest absolute Gasteiger partial charge is 0.379 e. The Kier molecular flexibility index (Phi) is 5.30. The van der Waals surface area contributed by atoms with Gasteiger partial charge in [-0.15, -0.1) is 0 Å². The number of morpholine rings is 1. The van der Waals surface area contributed by atoms with Gasteiger partial charge in [0.25, 0.3) is 0 Å². The fraction of sp³-hybridized carbons (Fsp3) is 0.240. The van der Waals surface area contributed by atoms with E-state index in [9.17, 15) is 0 Å². The van der Waals surface area contributed by atoms with Gasteiger partial charge in [-0.2, -0.15) is 0 Å². The highest BCUT2D eigenvalue weighted by Gasteiger charge is 2.21. The Hall–Kier alpha value is -2.66. The van der Waals surface area contributed by atoms with Crippen LogP contribution >= 0.6 is 11.6 Å². The zero-order valence-electron chi connectivity index (χ0n) is 17.0. The molecule has 1 saturated heterocycles. The van der Waals surface area contributed by atoms with Gasteiger partial charge in [-0.1, -0.05) is 54.1 Å². The van der Waals surface area contributed by atoms with Crippen LogP contribution in [0.3, 0.4) is 0 Å². The Labute approximate surface area is 181 Å². The normalized spacial score (nSPS) is 15.0. The van der Waals surface area contributed by atoms with Crippen LogP contribution in [-0.2, 0) is 11.3 Å². The second-order valence-electron chi connectivity index (χ2n) is 7.69. The number of aryl methyl sites for hydroxylation is 1. The van der Waals surface area contributed by atoms with Crippen LogP contribution < -0.4 is 0 Å². The number of halogens is 1. The molecule has 5 heteroatoms. The van der Waals surface area contributed by atoms with Crippen molar-refractivity contribution >= 4 is 17.2 Å². The number of aromatic nitrogens is 2. The zero-order valence-corrected chi connectivity index (χ0v) is 17.8. The lowest BCUT2D eigenvalue weighted by Crippen LogP contribution is -2.36. The second-order valence-corrected chi connectivity index (χ2v) is 8.13. The van der Waals surface area contributed by atoms with Gasteiger partial charge in [0.2, 0.25) is 0 Å². The fourth-order valence-corrected chi connectivity index (χ4v) is 4.36. The first-order valence-electron chi connectivity index (χ1n) is 10.3. The molecule has 4 aromatic rings. The lowest BCUT2D eigenvalue weighted by Gasteiger charge is -2.27. The van der Waals surface area contributed by atoms with Crippen LogP contribution in [0.15, 0.2) is 66.7 Å². The van der Waals surface area contributed by atoms with Crippen molar-refractivity contribution in [2.24, 2.45) is 0 Å². The molecule has 152 valence electrons. The van der Waals surface area contributed by atoms with Gasteiger partial charge in [0, 0.05) is 41.5 Å². The van der Waals surface area contributed by atoms with Crippen LogP contribution in [-0.4, -0.2) is 40.6 Å². The molecule has 5 rings (SSSR count). The molecule has 0 N–H and O–H groups in total. The molecule has 30 heavy (non-hydrogen) atoms. The van der Waals surface area contributed by atoms with E-state index >= 15 is 0 Å². The van der Waals surface area contributed by atoms with Crippen LogP contribution in [0.4, 0.5) is 0 Å². The Morgan fingerprint density at radius 2 is 1.63 bits per heavy atom. The van der Waals surface area contributed by atoms with Crippen LogP contribution in [0.5, 0.6) is 0 Å². The van der Waals surface area contributed by atoms with Gasteiger partial charge < -0.3 is 4.74 Å². The number of pyridine rings is 1. The Bertz CT molecular complexity index is 1160. The zero-order chi connectivity index (χ0) is 20.5. The number of hydrogen-bond acceptors (Lipinski definition) is 3. The first-order chi connectivity index (χ1) is 14.7. The lowest BCUT2D eigenvalue weighted by molar-refractivity contribution is 0.0336. The summed E-state index contributed by atoms with van der Waals surface area (Å²) in [5, 5.41) is 0.736. The molecule has 2 aromatic carbocycles. The fourth-order valence-electron chi connectivity index (χ4n) is 4.24. The van der Waals surface area contributed by atoms with Crippen molar-refractivity contribution in [3.05, 3.63) is 83.1 Å². The third-order valence-electron chi connectivity index (χ3n) is 5.80. The number of benzene rings is 2. The van der Waals surface area contributed by atoms with Gasteiger partial charge in [0.05, 0.1) is 24.6 Å². The summed E-state index contributed by atoms with van der Waals surface area (Å²) in [6.45, 7) is 6.45. The highest BCUT2D eigenvalue weighted by Crippen LogP contribution is 2.31. The minimum atomic E-state index is 0.736. The molecule has 0 unspecified atom stereocenters. The Balaban J connectivity index is 1.69. The van der Waals surface area contributed by atoms with Gasteiger partial charge in [-0.05, 0) is 36.8 Å². The van der Waals surface area contributed by atoms with E-state index in [0.29, 0.717) is 0 Å². The summed E-state index contributed by atoms with van der Waals surface area (Å²) in [6.07, 6.45) is 0. The maximum Gasteiger partial charge on any atom is 0.137 e. The average molecular weight is 418 g/mol. The Morgan fingerprint density at radius 3 is 2.37 bits per heavy atom. The van der Waals surface area contributed by atoms with Gasteiger partial charge in [0.15, 0.2) is 0 Å². The third kappa shape index (κ3) is 3.63. The first-order valence-corrected chi connectivity index (χ1v) is 10.7. The number of imidazole rings is 1. The van der Waals surface area contributed by atoms with E-state index in [0.717, 1.165) is 54.8 Å². The first kappa shape index (κ1) is 19.3. The minimum Gasteiger partial charge on any atom is -0.379 e. The molecule has 1 aliphatic rings. The molecule has 0 atom stereocenters. The number of rotatable bonds is 4. The van der Waals surface area contributed by atoms with Crippen LogP contribution in [0.2, 0.25) is 5.02 Å². The van der Waals surface area contributed by atoms with Gasteiger partial charge in [0.1, 0.15) is 5.65 Å². The number of nitrogens with zero attached hydrogens (tertiary/aromatic N) is 3. The highest BCUT2D eigenvalue weighted by atomic mass is 35.5. The van der Waals surface area contributed by atoms with Crippen molar-refractivity contribution in [2.45, 2.75) is 13.5 Å². The SMILES string of the molecule is Cc1c(-c2ccccc2)ccc2nc(-c3ccc(Cl)cc3)c(CN3CCOCC3)n12. The van der Waals surface area contributed by atoms with E-state index in [1.807, 2.05) is 12.1 Å². The summed E-state index contributed by atoms with van der Waals surface area (Å²) < 4.78 is 7.88. The van der Waals surface area contributed by atoms with E-state index in [1.165, 1.54) is 22.5 Å². The molecule has 0 radical (unpaired) electrons. The molecular formula is C25H24ClN3O. The molecule has 1 fully saturated rings. The van der Waals surface area contributed by atoms with E-state index in [2.05, 4.69) is 70.8 Å². The van der Waals surface area contributed by atoms with E-state index in [-0.39, 0.29) is 0 Å². The van der Waals surface area contributed by atoms with E-state index < -0.39 is 0 Å². The molecule has 0 aliphatic carbocycles. The second kappa shape index (κ2) is 8.23. The predicted octanol–water partition coefficient (Wildman–Crippen LogP) is 5.46. The smallest absolute Gasteiger partial charge is 0.137 e. The molecule has 0 spiro atoms. The monoisotopic (exact) mass is 417 g/mol. The third-order valence-corrected chi connectivity index (χ3v) is 6.05. The van der Waals surface area contributed by atoms with Crippen molar-refractivity contribution in [3.8, 4) is 22.4 Å². The highest BCUT2D eigenvalue weighted by molar-refractivity contribution is 6.30. The molecule has 0 saturated carbocycles. The summed E-state index contributed by atoms with van der Waals surface area (Å²) in [7, 11) is 0. The molecule has 0 bridgehead atoms. The van der Waals surface area contributed by atoms with Gasteiger partial charge in [-0.3, -0.25) is 9.30 Å². The maximum absolute atomic E-state index is 6.14. The van der Waals surface area contributed by atoms with Crippen molar-refractivity contribution in [1.29, 1.82) is 0 Å². The molecule has 4 nitrogen and oxygen atoms in total. The Morgan fingerprint density at radius 1 is 0.900 bits per heavy atom. The maximum atomic E-state index is 6.14. The standard InChI is InChI=1S/C25H24ClN3O/c1-18-22(19-5-3-2-4-6-19)11-12-24-27-25(20-7-9-21(26)10-8-20)23(29(18)24)17-28-13-15-30-16-14-28/h2-12H,13-17H2,1H3. The van der Waals surface area contributed by atoms with Crippen molar-refractivity contribution < 1.29 is 4.74 Å². The van der Waals surface area contributed by atoms with Gasteiger partial charge in [-0.25, -0.2) is 4.98 Å². The molecule has 0 amide bonds. The number of hydrogen-bond donors (Lipinski definition) is 0. The van der Waals surface area contributed by atoms with E-state index in [1.54, 1.807) is 0 Å². The number of ether oxygens (including phenoxy) is 1. The quantitative estimate of drug-likeness (QED) is 0.441. The summed E-state index contributed by atoms with van der Waals surface area (Å²) >= 11 is 6.14. The summed E-state index contributed by atoms with van der Waals surface area (Å²) in [6, 6.07) is 22.8. The number of fused-ring (bicyclic) bond motifs is 1. The summed E-state index contributed by atoms with van der Waals surface area (Å²) in [4.78, 5) is 7.48.